The van der Waals surface area contributed by atoms with Crippen LogP contribution in [-0.4, -0.2) is 35.7 Å². The van der Waals surface area contributed by atoms with Gasteiger partial charge < -0.3 is 15.7 Å². The van der Waals surface area contributed by atoms with Gasteiger partial charge in [-0.1, -0.05) is 12.8 Å². The first-order valence-electron chi connectivity index (χ1n) is 6.30. The fourth-order valence-electron chi connectivity index (χ4n) is 2.29. The molecule has 1 aromatic rings. The summed E-state index contributed by atoms with van der Waals surface area (Å²) in [6, 6.07) is 0. The standard InChI is InChI=1S/C12H19N3O2S/c1-13-12-15-9(7-18-12)11(17)14-6-10(16)8-4-2-3-5-8/h7-8,10,16H,2-6H2,1H3,(H,13,15)(H,14,17). The number of amides is 1. The second kappa shape index (κ2) is 6.15. The average molecular weight is 269 g/mol. The molecule has 1 aliphatic rings. The van der Waals surface area contributed by atoms with Gasteiger partial charge >= 0.3 is 0 Å². The van der Waals surface area contributed by atoms with Crippen molar-refractivity contribution in [2.45, 2.75) is 31.8 Å². The predicted octanol–water partition coefficient (Wildman–Crippen LogP) is 1.47. The molecule has 5 nitrogen and oxygen atoms in total. The summed E-state index contributed by atoms with van der Waals surface area (Å²) in [6.07, 6.45) is 4.08. The van der Waals surface area contributed by atoms with Gasteiger partial charge in [0.05, 0.1) is 6.10 Å². The highest BCUT2D eigenvalue weighted by atomic mass is 32.1. The third-order valence-corrected chi connectivity index (χ3v) is 4.23. The van der Waals surface area contributed by atoms with Crippen LogP contribution in [0.4, 0.5) is 5.13 Å². The average Bonchev–Trinajstić information content (AvgIpc) is 3.05. The van der Waals surface area contributed by atoms with Gasteiger partial charge in [-0.05, 0) is 18.8 Å². The lowest BCUT2D eigenvalue weighted by atomic mass is 10.0. The minimum atomic E-state index is -0.432. The molecule has 100 valence electrons. The number of thiazole rings is 1. The quantitative estimate of drug-likeness (QED) is 0.756. The number of rotatable bonds is 5. The molecule has 1 unspecified atom stereocenters. The van der Waals surface area contributed by atoms with E-state index in [-0.39, 0.29) is 5.91 Å². The zero-order valence-electron chi connectivity index (χ0n) is 10.5. The monoisotopic (exact) mass is 269 g/mol. The van der Waals surface area contributed by atoms with Crippen molar-refractivity contribution in [3.63, 3.8) is 0 Å². The molecule has 1 aromatic heterocycles. The molecular weight excluding hydrogens is 250 g/mol. The summed E-state index contributed by atoms with van der Waals surface area (Å²) < 4.78 is 0. The largest absolute Gasteiger partial charge is 0.391 e. The van der Waals surface area contributed by atoms with E-state index in [1.54, 1.807) is 12.4 Å². The highest BCUT2D eigenvalue weighted by molar-refractivity contribution is 7.13. The summed E-state index contributed by atoms with van der Waals surface area (Å²) in [5.41, 5.74) is 0.406. The van der Waals surface area contributed by atoms with Gasteiger partial charge in [0.2, 0.25) is 0 Å². The lowest BCUT2D eigenvalue weighted by Crippen LogP contribution is -2.35. The summed E-state index contributed by atoms with van der Waals surface area (Å²) in [5, 5.41) is 18.0. The van der Waals surface area contributed by atoms with E-state index in [1.165, 1.54) is 24.2 Å². The lowest BCUT2D eigenvalue weighted by molar-refractivity contribution is 0.0837. The van der Waals surface area contributed by atoms with Gasteiger partial charge in [0.25, 0.3) is 5.91 Å². The van der Waals surface area contributed by atoms with Crippen LogP contribution in [0.1, 0.15) is 36.2 Å². The molecule has 0 bridgehead atoms. The molecule has 0 aromatic carbocycles. The van der Waals surface area contributed by atoms with E-state index >= 15 is 0 Å². The molecule has 1 amide bonds. The molecular formula is C12H19N3O2S. The van der Waals surface area contributed by atoms with E-state index in [2.05, 4.69) is 15.6 Å². The number of aliphatic hydroxyl groups is 1. The summed E-state index contributed by atoms with van der Waals surface area (Å²) in [5.74, 6) is 0.124. The van der Waals surface area contributed by atoms with Crippen molar-refractivity contribution < 1.29 is 9.90 Å². The maximum atomic E-state index is 11.8. The molecule has 0 aliphatic heterocycles. The van der Waals surface area contributed by atoms with Gasteiger partial charge in [0.15, 0.2) is 5.13 Å². The number of carbonyl (C=O) groups is 1. The van der Waals surface area contributed by atoms with E-state index < -0.39 is 6.10 Å². The molecule has 1 heterocycles. The van der Waals surface area contributed by atoms with Gasteiger partial charge in [-0.3, -0.25) is 4.79 Å². The number of aromatic nitrogens is 1. The summed E-state index contributed by atoms with van der Waals surface area (Å²) >= 11 is 1.39. The first-order valence-corrected chi connectivity index (χ1v) is 7.18. The van der Waals surface area contributed by atoms with Crippen LogP contribution >= 0.6 is 11.3 Å². The summed E-state index contributed by atoms with van der Waals surface area (Å²) in [4.78, 5) is 15.9. The van der Waals surface area contributed by atoms with E-state index in [9.17, 15) is 9.90 Å². The Bertz CT molecular complexity index is 402. The van der Waals surface area contributed by atoms with Crippen LogP contribution in [0.3, 0.4) is 0 Å². The lowest BCUT2D eigenvalue weighted by Gasteiger charge is -2.17. The second-order valence-corrected chi connectivity index (χ2v) is 5.47. The molecule has 1 atom stereocenters. The molecule has 1 saturated carbocycles. The van der Waals surface area contributed by atoms with Crippen LogP contribution in [0.15, 0.2) is 5.38 Å². The zero-order valence-corrected chi connectivity index (χ0v) is 11.3. The van der Waals surface area contributed by atoms with Crippen LogP contribution in [0.2, 0.25) is 0 Å². The number of hydrogen-bond acceptors (Lipinski definition) is 5. The predicted molar refractivity (Wildman–Crippen MR) is 72.0 cm³/mol. The number of nitrogens with zero attached hydrogens (tertiary/aromatic N) is 1. The summed E-state index contributed by atoms with van der Waals surface area (Å²) in [6.45, 7) is 0.315. The van der Waals surface area contributed by atoms with Gasteiger partial charge in [0.1, 0.15) is 5.69 Å². The van der Waals surface area contributed by atoms with E-state index in [1.807, 2.05) is 0 Å². The molecule has 0 spiro atoms. The van der Waals surface area contributed by atoms with Crippen LogP contribution in [-0.2, 0) is 0 Å². The maximum absolute atomic E-state index is 11.8. The maximum Gasteiger partial charge on any atom is 0.270 e. The third-order valence-electron chi connectivity index (χ3n) is 3.37. The highest BCUT2D eigenvalue weighted by Gasteiger charge is 2.23. The number of hydrogen-bond donors (Lipinski definition) is 3. The molecule has 3 N–H and O–H groups in total. The molecule has 6 heteroatoms. The van der Waals surface area contributed by atoms with E-state index in [0.717, 1.165) is 18.0 Å². The van der Waals surface area contributed by atoms with Crippen LogP contribution in [0, 0.1) is 5.92 Å². The van der Waals surface area contributed by atoms with Crippen molar-refractivity contribution >= 4 is 22.4 Å². The first kappa shape index (κ1) is 13.3. The summed E-state index contributed by atoms with van der Waals surface area (Å²) in [7, 11) is 1.77. The third kappa shape index (κ3) is 3.20. The van der Waals surface area contributed by atoms with Gasteiger partial charge in [-0.2, -0.15) is 0 Å². The number of anilines is 1. The van der Waals surface area contributed by atoms with Crippen molar-refractivity contribution in [3.8, 4) is 0 Å². The van der Waals surface area contributed by atoms with Gasteiger partial charge in [0, 0.05) is 19.0 Å². The number of aliphatic hydroxyl groups excluding tert-OH is 1. The van der Waals surface area contributed by atoms with Crippen LogP contribution in [0.25, 0.3) is 0 Å². The smallest absolute Gasteiger partial charge is 0.270 e. The Hall–Kier alpha value is -1.14. The van der Waals surface area contributed by atoms with E-state index in [0.29, 0.717) is 18.2 Å². The number of carbonyl (C=O) groups excluding carboxylic acids is 1. The normalized spacial score (nSPS) is 17.7. The Morgan fingerprint density at radius 2 is 2.33 bits per heavy atom. The molecule has 1 fully saturated rings. The fourth-order valence-corrected chi connectivity index (χ4v) is 2.94. The van der Waals surface area contributed by atoms with Crippen molar-refractivity contribution in [2.24, 2.45) is 5.92 Å². The van der Waals surface area contributed by atoms with Crippen molar-refractivity contribution in [1.29, 1.82) is 0 Å². The SMILES string of the molecule is CNc1nc(C(=O)NCC(O)C2CCCC2)cs1. The Morgan fingerprint density at radius 3 is 2.94 bits per heavy atom. The zero-order chi connectivity index (χ0) is 13.0. The van der Waals surface area contributed by atoms with Crippen LogP contribution < -0.4 is 10.6 Å². The van der Waals surface area contributed by atoms with E-state index in [4.69, 9.17) is 0 Å². The molecule has 18 heavy (non-hydrogen) atoms. The van der Waals surface area contributed by atoms with Gasteiger partial charge in [-0.25, -0.2) is 4.98 Å². The minimum Gasteiger partial charge on any atom is -0.391 e. The van der Waals surface area contributed by atoms with Crippen molar-refractivity contribution in [1.82, 2.24) is 10.3 Å². The molecule has 2 rings (SSSR count). The number of nitrogens with one attached hydrogen (secondary N) is 2. The fraction of sp³-hybridized carbons (Fsp3) is 0.667. The highest BCUT2D eigenvalue weighted by Crippen LogP contribution is 2.27. The Kier molecular flexibility index (Phi) is 4.54. The molecule has 0 saturated heterocycles. The Morgan fingerprint density at radius 1 is 1.61 bits per heavy atom. The van der Waals surface area contributed by atoms with Crippen molar-refractivity contribution in [3.05, 3.63) is 11.1 Å². The topological polar surface area (TPSA) is 74.2 Å². The van der Waals surface area contributed by atoms with Crippen molar-refractivity contribution in [2.75, 3.05) is 18.9 Å². The Balaban J connectivity index is 1.80. The van der Waals surface area contributed by atoms with Crippen LogP contribution in [0.5, 0.6) is 0 Å². The van der Waals surface area contributed by atoms with Gasteiger partial charge in [-0.15, -0.1) is 11.3 Å². The molecule has 0 radical (unpaired) electrons. The molecule has 1 aliphatic carbocycles. The minimum absolute atomic E-state index is 0.218. The first-order chi connectivity index (χ1) is 8.70. The second-order valence-electron chi connectivity index (χ2n) is 4.61. The Labute approximate surface area is 111 Å².